The molecule has 0 spiro atoms. The Morgan fingerprint density at radius 3 is 2.68 bits per heavy atom. The maximum atomic E-state index is 13.7. The van der Waals surface area contributed by atoms with Crippen molar-refractivity contribution in [2.75, 3.05) is 13.6 Å². The monoisotopic (exact) mass is 522 g/mol. The quantitative estimate of drug-likeness (QED) is 0.359. The van der Waals surface area contributed by atoms with Crippen molar-refractivity contribution in [2.24, 2.45) is 0 Å². The predicted octanol–water partition coefficient (Wildman–Crippen LogP) is 5.53. The highest BCUT2D eigenvalue weighted by molar-refractivity contribution is 5.89. The van der Waals surface area contributed by atoms with Gasteiger partial charge in [-0.25, -0.2) is 14.5 Å². The van der Waals surface area contributed by atoms with Crippen molar-refractivity contribution in [3.05, 3.63) is 94.3 Å². The summed E-state index contributed by atoms with van der Waals surface area (Å²) < 4.78 is 47.9. The van der Waals surface area contributed by atoms with Crippen molar-refractivity contribution in [1.82, 2.24) is 19.7 Å². The molecule has 10 heteroatoms. The Labute approximate surface area is 217 Å². The first-order chi connectivity index (χ1) is 18.1. The van der Waals surface area contributed by atoms with Gasteiger partial charge >= 0.3 is 12.1 Å². The summed E-state index contributed by atoms with van der Waals surface area (Å²) in [5.41, 5.74) is 3.18. The highest BCUT2D eigenvalue weighted by Gasteiger charge is 2.41. The van der Waals surface area contributed by atoms with E-state index >= 15 is 0 Å². The van der Waals surface area contributed by atoms with Gasteiger partial charge in [-0.3, -0.25) is 0 Å². The molecule has 2 aromatic heterocycles. The van der Waals surface area contributed by atoms with E-state index in [1.54, 1.807) is 12.1 Å². The van der Waals surface area contributed by atoms with Crippen molar-refractivity contribution < 1.29 is 27.8 Å². The summed E-state index contributed by atoms with van der Waals surface area (Å²) >= 11 is 0. The molecule has 0 amide bonds. The second-order valence-corrected chi connectivity index (χ2v) is 9.38. The summed E-state index contributed by atoms with van der Waals surface area (Å²) in [6.07, 6.45) is -3.25. The van der Waals surface area contributed by atoms with Crippen LogP contribution in [0.2, 0.25) is 0 Å². The fourth-order valence-corrected chi connectivity index (χ4v) is 4.61. The number of rotatable bonds is 6. The Kier molecular flexibility index (Phi) is 6.66. The number of benzene rings is 2. The van der Waals surface area contributed by atoms with Crippen LogP contribution in [0.15, 0.2) is 60.8 Å². The van der Waals surface area contributed by atoms with E-state index in [2.05, 4.69) is 34.2 Å². The van der Waals surface area contributed by atoms with E-state index in [0.717, 1.165) is 30.6 Å². The van der Waals surface area contributed by atoms with Gasteiger partial charge in [0.2, 0.25) is 0 Å². The first-order valence-corrected chi connectivity index (χ1v) is 12.0. The van der Waals surface area contributed by atoms with Crippen LogP contribution < -0.4 is 4.74 Å². The van der Waals surface area contributed by atoms with Gasteiger partial charge in [0.25, 0.3) is 0 Å². The SMILES string of the molecule is Cc1ccc(OCc2ccc3c(c2)CN(C)CC3)c(-c2cccc(-n3ncc(C(=O)O)c3C(F)(F)F)n2)c1. The minimum Gasteiger partial charge on any atom is -0.488 e. The number of hydrogen-bond donors (Lipinski definition) is 1. The largest absolute Gasteiger partial charge is 0.488 e. The molecule has 7 nitrogen and oxygen atoms in total. The number of nitrogens with zero attached hydrogens (tertiary/aromatic N) is 4. The number of fused-ring (bicyclic) bond motifs is 1. The lowest BCUT2D eigenvalue weighted by Gasteiger charge is -2.25. The Morgan fingerprint density at radius 1 is 1.11 bits per heavy atom. The number of carbonyl (C=O) groups is 1. The van der Waals surface area contributed by atoms with E-state index in [1.165, 1.54) is 17.2 Å². The molecule has 0 saturated heterocycles. The van der Waals surface area contributed by atoms with Gasteiger partial charge in [-0.1, -0.05) is 35.9 Å². The first-order valence-electron chi connectivity index (χ1n) is 12.0. The smallest absolute Gasteiger partial charge is 0.434 e. The molecule has 38 heavy (non-hydrogen) atoms. The topological polar surface area (TPSA) is 80.5 Å². The van der Waals surface area contributed by atoms with Crippen LogP contribution in [0.3, 0.4) is 0 Å². The number of aromatic carboxylic acids is 1. The number of carboxylic acids is 1. The summed E-state index contributed by atoms with van der Waals surface area (Å²) in [5, 5.41) is 12.9. The fourth-order valence-electron chi connectivity index (χ4n) is 4.61. The number of pyridine rings is 1. The first kappa shape index (κ1) is 25.5. The Bertz CT molecular complexity index is 1510. The molecule has 0 unspecified atom stereocenters. The van der Waals surface area contributed by atoms with Crippen LogP contribution in [0.4, 0.5) is 13.2 Å². The lowest BCUT2D eigenvalue weighted by atomic mass is 9.98. The number of ether oxygens (including phenoxy) is 1. The Hall–Kier alpha value is -4.18. The van der Waals surface area contributed by atoms with Crippen molar-refractivity contribution in [3.63, 3.8) is 0 Å². The second-order valence-electron chi connectivity index (χ2n) is 9.38. The van der Waals surface area contributed by atoms with Crippen LogP contribution in [0.5, 0.6) is 5.75 Å². The molecule has 0 radical (unpaired) electrons. The lowest BCUT2D eigenvalue weighted by molar-refractivity contribution is -0.143. The second kappa shape index (κ2) is 9.94. The normalized spacial score (nSPS) is 13.8. The molecule has 1 aliphatic heterocycles. The third-order valence-corrected chi connectivity index (χ3v) is 6.50. The molecule has 2 aromatic carbocycles. The molecule has 1 N–H and O–H groups in total. The molecule has 5 rings (SSSR count). The van der Waals surface area contributed by atoms with E-state index < -0.39 is 23.4 Å². The summed E-state index contributed by atoms with van der Waals surface area (Å²) in [6, 6.07) is 16.4. The molecule has 0 saturated carbocycles. The number of aromatic nitrogens is 3. The van der Waals surface area contributed by atoms with E-state index in [4.69, 9.17) is 4.74 Å². The lowest BCUT2D eigenvalue weighted by Crippen LogP contribution is -2.26. The molecule has 0 fully saturated rings. The van der Waals surface area contributed by atoms with Crippen LogP contribution in [-0.4, -0.2) is 44.3 Å². The summed E-state index contributed by atoms with van der Waals surface area (Å²) in [5.74, 6) is -1.35. The van der Waals surface area contributed by atoms with E-state index in [0.29, 0.717) is 34.5 Å². The highest BCUT2D eigenvalue weighted by atomic mass is 19.4. The van der Waals surface area contributed by atoms with Crippen LogP contribution in [0.1, 0.15) is 38.3 Å². The van der Waals surface area contributed by atoms with Gasteiger partial charge in [0.1, 0.15) is 17.9 Å². The van der Waals surface area contributed by atoms with Crippen LogP contribution in [0, 0.1) is 6.92 Å². The van der Waals surface area contributed by atoms with Crippen LogP contribution >= 0.6 is 0 Å². The Morgan fingerprint density at radius 2 is 1.92 bits per heavy atom. The average Bonchev–Trinajstić information content (AvgIpc) is 3.34. The van der Waals surface area contributed by atoms with Gasteiger partial charge in [0.05, 0.1) is 11.9 Å². The molecular formula is C28H25F3N4O3. The summed E-state index contributed by atoms with van der Waals surface area (Å²) in [4.78, 5) is 18.1. The molecule has 196 valence electrons. The average molecular weight is 523 g/mol. The van der Waals surface area contributed by atoms with Crippen molar-refractivity contribution in [3.8, 4) is 22.8 Å². The number of alkyl halides is 3. The van der Waals surface area contributed by atoms with Gasteiger partial charge in [0.15, 0.2) is 11.5 Å². The van der Waals surface area contributed by atoms with Gasteiger partial charge < -0.3 is 14.7 Å². The highest BCUT2D eigenvalue weighted by Crippen LogP contribution is 2.35. The van der Waals surface area contributed by atoms with Gasteiger partial charge in [-0.05, 0) is 61.3 Å². The minimum atomic E-state index is -4.94. The van der Waals surface area contributed by atoms with E-state index in [1.807, 2.05) is 31.2 Å². The van der Waals surface area contributed by atoms with Crippen LogP contribution in [0.25, 0.3) is 17.1 Å². The molecule has 0 aliphatic carbocycles. The van der Waals surface area contributed by atoms with Crippen molar-refractivity contribution in [2.45, 2.75) is 32.7 Å². The van der Waals surface area contributed by atoms with Crippen LogP contribution in [-0.2, 0) is 25.7 Å². The summed E-state index contributed by atoms with van der Waals surface area (Å²) in [7, 11) is 2.09. The zero-order valence-corrected chi connectivity index (χ0v) is 20.8. The minimum absolute atomic E-state index is 0.159. The van der Waals surface area contributed by atoms with Crippen molar-refractivity contribution >= 4 is 5.97 Å². The summed E-state index contributed by atoms with van der Waals surface area (Å²) in [6.45, 7) is 4.12. The number of likely N-dealkylation sites (N-methyl/N-ethyl adjacent to an activating group) is 1. The third-order valence-electron chi connectivity index (χ3n) is 6.50. The maximum absolute atomic E-state index is 13.7. The zero-order chi connectivity index (χ0) is 27.0. The van der Waals surface area contributed by atoms with Gasteiger partial charge in [-0.15, -0.1) is 0 Å². The molecule has 3 heterocycles. The van der Waals surface area contributed by atoms with Gasteiger partial charge in [-0.2, -0.15) is 18.3 Å². The zero-order valence-electron chi connectivity index (χ0n) is 20.8. The number of carboxylic acid groups (broad SMARTS) is 1. The number of halogens is 3. The van der Waals surface area contributed by atoms with Crippen molar-refractivity contribution in [1.29, 1.82) is 0 Å². The maximum Gasteiger partial charge on any atom is 0.434 e. The number of aryl methyl sites for hydroxylation is 1. The fraction of sp³-hybridized carbons (Fsp3) is 0.250. The van der Waals surface area contributed by atoms with Gasteiger partial charge in [0, 0.05) is 18.7 Å². The predicted molar refractivity (Wildman–Crippen MR) is 134 cm³/mol. The molecule has 4 aromatic rings. The molecular weight excluding hydrogens is 497 g/mol. The molecule has 1 aliphatic rings. The number of hydrogen-bond acceptors (Lipinski definition) is 5. The Balaban J connectivity index is 1.47. The standard InChI is InChI=1S/C28H25F3N4O3/c1-17-6-9-24(38-16-18-7-8-19-10-11-34(2)15-20(19)13-18)21(12-17)23-4-3-5-25(33-23)35-26(28(29,30)31)22(14-32-35)27(36)37/h3-9,12-14H,10-11,15-16H2,1-2H3,(H,36,37). The molecule has 0 bridgehead atoms. The molecule has 0 atom stereocenters. The third kappa shape index (κ3) is 5.12. The van der Waals surface area contributed by atoms with E-state index in [-0.39, 0.29) is 5.82 Å². The van der Waals surface area contributed by atoms with E-state index in [9.17, 15) is 23.1 Å².